The molecule has 2 aromatic rings. The summed E-state index contributed by atoms with van der Waals surface area (Å²) in [5.41, 5.74) is 1.56. The highest BCUT2D eigenvalue weighted by Gasteiger charge is 2.16. The Balaban J connectivity index is 2.53. The monoisotopic (exact) mass is 241 g/mol. The Kier molecular flexibility index (Phi) is 2.85. The average Bonchev–Trinajstić information content (AvgIpc) is 2.87. The van der Waals surface area contributed by atoms with Crippen LogP contribution in [0.15, 0.2) is 31.1 Å². The van der Waals surface area contributed by atoms with E-state index < -0.39 is 10.9 Å². The second-order valence-corrected chi connectivity index (χ2v) is 3.34. The lowest BCUT2D eigenvalue weighted by Crippen LogP contribution is -1.99. The molecule has 0 saturated heterocycles. The van der Waals surface area contributed by atoms with Crippen molar-refractivity contribution in [3.05, 3.63) is 52.3 Å². The van der Waals surface area contributed by atoms with Crippen molar-refractivity contribution < 1.29 is 4.92 Å². The van der Waals surface area contributed by atoms with Crippen molar-refractivity contribution in [2.75, 3.05) is 0 Å². The van der Waals surface area contributed by atoms with Crippen molar-refractivity contribution in [3.63, 3.8) is 0 Å². The summed E-state index contributed by atoms with van der Waals surface area (Å²) in [6.07, 6.45) is 2.80. The van der Waals surface area contributed by atoms with Gasteiger partial charge >= 0.3 is 5.95 Å². The highest BCUT2D eigenvalue weighted by atomic mass is 16.6. The molecule has 0 bridgehead atoms. The van der Waals surface area contributed by atoms with E-state index in [9.17, 15) is 10.1 Å². The Bertz CT molecular complexity index is 668. The number of rotatable bonds is 3. The summed E-state index contributed by atoms with van der Waals surface area (Å²) in [7, 11) is 0. The molecule has 0 spiro atoms. The zero-order chi connectivity index (χ0) is 13.1. The van der Waals surface area contributed by atoms with Crippen LogP contribution < -0.4 is 0 Å². The van der Waals surface area contributed by atoms with Crippen LogP contribution in [-0.4, -0.2) is 19.7 Å². The van der Waals surface area contributed by atoms with Gasteiger partial charge < -0.3 is 10.1 Å². The molecule has 0 unspecified atom stereocenters. The van der Waals surface area contributed by atoms with Gasteiger partial charge in [-0.15, -0.1) is 4.68 Å². The van der Waals surface area contributed by atoms with Gasteiger partial charge in [-0.1, -0.05) is 23.7 Å². The molecular formula is C11H7N5O2. The number of nitro groups is 1. The molecule has 0 aliphatic carbocycles. The van der Waals surface area contributed by atoms with E-state index in [4.69, 9.17) is 5.26 Å². The van der Waals surface area contributed by atoms with E-state index in [1.807, 2.05) is 6.07 Å². The van der Waals surface area contributed by atoms with Gasteiger partial charge in [-0.2, -0.15) is 5.26 Å². The molecule has 0 amide bonds. The molecular weight excluding hydrogens is 234 g/mol. The molecule has 1 aromatic heterocycles. The lowest BCUT2D eigenvalue weighted by molar-refractivity contribution is -0.394. The molecule has 1 aromatic carbocycles. The standard InChI is InChI=1S/C11H7N5O2/c1-2-8-3-4-10(9(5-8)6-12)15-7-13-11(14-15)16(17)18/h2-5,7H,1H2. The molecule has 88 valence electrons. The summed E-state index contributed by atoms with van der Waals surface area (Å²) in [5, 5.41) is 23.2. The Morgan fingerprint density at radius 3 is 2.89 bits per heavy atom. The molecule has 0 radical (unpaired) electrons. The van der Waals surface area contributed by atoms with Crippen molar-refractivity contribution in [1.29, 1.82) is 5.26 Å². The first-order valence-corrected chi connectivity index (χ1v) is 4.88. The van der Waals surface area contributed by atoms with Crippen LogP contribution in [-0.2, 0) is 0 Å². The van der Waals surface area contributed by atoms with Gasteiger partial charge in [-0.3, -0.25) is 0 Å². The van der Waals surface area contributed by atoms with Crippen LogP contribution >= 0.6 is 0 Å². The molecule has 0 aliphatic heterocycles. The molecule has 0 N–H and O–H groups in total. The Morgan fingerprint density at radius 2 is 2.33 bits per heavy atom. The lowest BCUT2D eigenvalue weighted by Gasteiger charge is -2.01. The van der Waals surface area contributed by atoms with Crippen LogP contribution in [0.5, 0.6) is 0 Å². The predicted octanol–water partition coefficient (Wildman–Crippen LogP) is 1.69. The maximum absolute atomic E-state index is 10.5. The maximum atomic E-state index is 10.5. The Morgan fingerprint density at radius 1 is 1.56 bits per heavy atom. The van der Waals surface area contributed by atoms with E-state index in [1.54, 1.807) is 24.3 Å². The van der Waals surface area contributed by atoms with Gasteiger partial charge in [0, 0.05) is 5.10 Å². The van der Waals surface area contributed by atoms with Gasteiger partial charge in [0.05, 0.1) is 5.56 Å². The number of nitriles is 1. The first-order chi connectivity index (χ1) is 8.65. The highest BCUT2D eigenvalue weighted by molar-refractivity contribution is 5.57. The van der Waals surface area contributed by atoms with E-state index in [1.165, 1.54) is 11.0 Å². The summed E-state index contributed by atoms with van der Waals surface area (Å²) in [6.45, 7) is 3.60. The van der Waals surface area contributed by atoms with E-state index in [0.717, 1.165) is 5.56 Å². The summed E-state index contributed by atoms with van der Waals surface area (Å²) in [5.74, 6) is -0.508. The minimum atomic E-state index is -0.694. The van der Waals surface area contributed by atoms with E-state index >= 15 is 0 Å². The van der Waals surface area contributed by atoms with Gasteiger partial charge in [0.2, 0.25) is 6.33 Å². The zero-order valence-corrected chi connectivity index (χ0v) is 9.15. The fourth-order valence-electron chi connectivity index (χ4n) is 1.42. The van der Waals surface area contributed by atoms with Crippen molar-refractivity contribution >= 4 is 12.0 Å². The summed E-state index contributed by atoms with van der Waals surface area (Å²) in [4.78, 5) is 13.3. The van der Waals surface area contributed by atoms with Gasteiger partial charge in [0.1, 0.15) is 11.8 Å². The smallest absolute Gasteiger partial charge is 0.390 e. The molecule has 0 saturated carbocycles. The van der Waals surface area contributed by atoms with Crippen molar-refractivity contribution in [3.8, 4) is 11.8 Å². The SMILES string of the molecule is C=Cc1ccc(-n2cnc([N+](=O)[O-])n2)c(C#N)c1. The van der Waals surface area contributed by atoms with Crippen molar-refractivity contribution in [2.24, 2.45) is 0 Å². The minimum Gasteiger partial charge on any atom is -0.390 e. The van der Waals surface area contributed by atoms with Crippen LogP contribution in [0.25, 0.3) is 11.8 Å². The second kappa shape index (κ2) is 4.47. The number of aromatic nitrogens is 3. The quantitative estimate of drug-likeness (QED) is 0.601. The number of hydrogen-bond donors (Lipinski definition) is 0. The van der Waals surface area contributed by atoms with Crippen LogP contribution in [0, 0.1) is 21.4 Å². The van der Waals surface area contributed by atoms with E-state index in [2.05, 4.69) is 16.7 Å². The first-order valence-electron chi connectivity index (χ1n) is 4.88. The summed E-state index contributed by atoms with van der Waals surface area (Å²) >= 11 is 0. The highest BCUT2D eigenvalue weighted by Crippen LogP contribution is 2.16. The maximum Gasteiger partial charge on any atom is 0.491 e. The first kappa shape index (κ1) is 11.5. The predicted molar refractivity (Wildman–Crippen MR) is 62.8 cm³/mol. The molecule has 0 aliphatic rings. The zero-order valence-electron chi connectivity index (χ0n) is 9.15. The number of hydrogen-bond acceptors (Lipinski definition) is 5. The fourth-order valence-corrected chi connectivity index (χ4v) is 1.42. The number of benzene rings is 1. The third kappa shape index (κ3) is 1.94. The number of nitrogens with zero attached hydrogens (tertiary/aromatic N) is 5. The molecule has 1 heterocycles. The molecule has 0 fully saturated rings. The normalized spacial score (nSPS) is 9.72. The van der Waals surface area contributed by atoms with E-state index in [-0.39, 0.29) is 0 Å². The van der Waals surface area contributed by atoms with Crippen LogP contribution in [0.3, 0.4) is 0 Å². The third-order valence-electron chi connectivity index (χ3n) is 2.27. The van der Waals surface area contributed by atoms with Crippen LogP contribution in [0.1, 0.15) is 11.1 Å². The molecule has 18 heavy (non-hydrogen) atoms. The minimum absolute atomic E-state index is 0.340. The van der Waals surface area contributed by atoms with Gasteiger partial charge in [-0.05, 0) is 22.6 Å². The Hall–Kier alpha value is -3.01. The summed E-state index contributed by atoms with van der Waals surface area (Å²) in [6, 6.07) is 6.99. The second-order valence-electron chi connectivity index (χ2n) is 3.34. The summed E-state index contributed by atoms with van der Waals surface area (Å²) < 4.78 is 1.20. The molecule has 7 heteroatoms. The van der Waals surface area contributed by atoms with Crippen molar-refractivity contribution in [1.82, 2.24) is 14.8 Å². The largest absolute Gasteiger partial charge is 0.491 e. The van der Waals surface area contributed by atoms with Crippen LogP contribution in [0.2, 0.25) is 0 Å². The Labute approximate surface area is 102 Å². The van der Waals surface area contributed by atoms with Gasteiger partial charge in [0.25, 0.3) is 0 Å². The van der Waals surface area contributed by atoms with Crippen LogP contribution in [0.4, 0.5) is 5.95 Å². The van der Waals surface area contributed by atoms with E-state index in [0.29, 0.717) is 11.3 Å². The molecule has 2 rings (SSSR count). The lowest BCUT2D eigenvalue weighted by atomic mass is 10.1. The van der Waals surface area contributed by atoms with Gasteiger partial charge in [0.15, 0.2) is 0 Å². The molecule has 0 atom stereocenters. The average molecular weight is 241 g/mol. The molecule has 7 nitrogen and oxygen atoms in total. The van der Waals surface area contributed by atoms with Crippen molar-refractivity contribution in [2.45, 2.75) is 0 Å². The fraction of sp³-hybridized carbons (Fsp3) is 0. The van der Waals surface area contributed by atoms with Gasteiger partial charge in [-0.25, -0.2) is 0 Å². The third-order valence-corrected chi connectivity index (χ3v) is 2.27. The topological polar surface area (TPSA) is 97.6 Å².